The summed E-state index contributed by atoms with van der Waals surface area (Å²) in [5, 5.41) is 9.18. The number of nitrogens with two attached hydrogens (primary N) is 1. The molecule has 7 nitrogen and oxygen atoms in total. The van der Waals surface area contributed by atoms with Crippen LogP contribution in [0.5, 0.6) is 0 Å². The van der Waals surface area contributed by atoms with Crippen LogP contribution < -0.4 is 5.73 Å². The van der Waals surface area contributed by atoms with Crippen LogP contribution in [0.1, 0.15) is 27.4 Å². The number of anilines is 1. The number of fused-ring (bicyclic) bond motifs is 1. The van der Waals surface area contributed by atoms with Gasteiger partial charge in [0.15, 0.2) is 5.69 Å². The fraction of sp³-hybridized carbons (Fsp3) is 0.176. The van der Waals surface area contributed by atoms with Gasteiger partial charge in [0.25, 0.3) is 0 Å². The number of benzene rings is 1. The van der Waals surface area contributed by atoms with E-state index in [4.69, 9.17) is 10.5 Å². The Morgan fingerprint density at radius 1 is 1.25 bits per heavy atom. The van der Waals surface area contributed by atoms with Gasteiger partial charge in [-0.2, -0.15) is 5.26 Å². The van der Waals surface area contributed by atoms with Gasteiger partial charge in [0.2, 0.25) is 0 Å². The van der Waals surface area contributed by atoms with Crippen LogP contribution in [0.3, 0.4) is 0 Å². The molecule has 7 heteroatoms. The van der Waals surface area contributed by atoms with Crippen molar-refractivity contribution in [3.05, 3.63) is 47.0 Å². The number of hydrogen-bond acceptors (Lipinski definition) is 6. The van der Waals surface area contributed by atoms with E-state index in [9.17, 15) is 10.1 Å². The Morgan fingerprint density at radius 2 is 1.92 bits per heavy atom. The molecule has 24 heavy (non-hydrogen) atoms. The van der Waals surface area contributed by atoms with Crippen molar-refractivity contribution in [2.75, 3.05) is 12.8 Å². The Labute approximate surface area is 138 Å². The zero-order valence-corrected chi connectivity index (χ0v) is 13.5. The van der Waals surface area contributed by atoms with E-state index in [0.717, 1.165) is 16.9 Å². The number of carbonyl (C=O) groups excluding carboxylic acids is 1. The van der Waals surface area contributed by atoms with E-state index in [1.54, 1.807) is 12.1 Å². The zero-order valence-electron chi connectivity index (χ0n) is 13.5. The van der Waals surface area contributed by atoms with E-state index in [0.29, 0.717) is 11.2 Å². The lowest BCUT2D eigenvalue weighted by Gasteiger charge is -2.10. The third kappa shape index (κ3) is 2.34. The van der Waals surface area contributed by atoms with Crippen LogP contribution >= 0.6 is 0 Å². The largest absolute Gasteiger partial charge is 0.464 e. The van der Waals surface area contributed by atoms with Gasteiger partial charge in [-0.05, 0) is 32.0 Å². The maximum absolute atomic E-state index is 12.1. The van der Waals surface area contributed by atoms with Gasteiger partial charge in [0.05, 0.1) is 40.8 Å². The van der Waals surface area contributed by atoms with Crippen molar-refractivity contribution in [1.29, 1.82) is 5.26 Å². The lowest BCUT2D eigenvalue weighted by molar-refractivity contribution is 0.0593. The third-order valence-electron chi connectivity index (χ3n) is 3.88. The van der Waals surface area contributed by atoms with E-state index in [1.165, 1.54) is 17.9 Å². The molecule has 0 unspecified atom stereocenters. The molecular weight excluding hydrogens is 306 g/mol. The van der Waals surface area contributed by atoms with Gasteiger partial charge in [-0.15, -0.1) is 0 Å². The predicted molar refractivity (Wildman–Crippen MR) is 88.8 cm³/mol. The Morgan fingerprint density at radius 3 is 2.54 bits per heavy atom. The first-order chi connectivity index (χ1) is 11.5. The highest BCUT2D eigenvalue weighted by atomic mass is 16.5. The molecule has 0 amide bonds. The number of nitriles is 1. The molecule has 0 atom stereocenters. The molecule has 3 rings (SSSR count). The Kier molecular flexibility index (Phi) is 3.66. The summed E-state index contributed by atoms with van der Waals surface area (Å²) in [7, 11) is 1.27. The van der Waals surface area contributed by atoms with Gasteiger partial charge in [0.1, 0.15) is 6.07 Å². The maximum Gasteiger partial charge on any atom is 0.357 e. The van der Waals surface area contributed by atoms with Crippen molar-refractivity contribution in [3.63, 3.8) is 0 Å². The molecule has 0 radical (unpaired) electrons. The van der Waals surface area contributed by atoms with E-state index in [1.807, 2.05) is 26.0 Å². The van der Waals surface area contributed by atoms with Gasteiger partial charge in [0, 0.05) is 11.9 Å². The second-order valence-corrected chi connectivity index (χ2v) is 5.35. The van der Waals surface area contributed by atoms with Gasteiger partial charge in [-0.1, -0.05) is 0 Å². The molecular formula is C17H15N5O2. The molecule has 2 N–H and O–H groups in total. The second kappa shape index (κ2) is 5.66. The molecule has 3 aromatic rings. The number of carbonyl (C=O) groups is 1. The number of nitrogen functional groups attached to an aromatic ring is 1. The van der Waals surface area contributed by atoms with E-state index < -0.39 is 5.97 Å². The molecule has 2 aromatic heterocycles. The van der Waals surface area contributed by atoms with Gasteiger partial charge in [-0.25, -0.2) is 14.8 Å². The van der Waals surface area contributed by atoms with Crippen LogP contribution in [-0.2, 0) is 4.74 Å². The van der Waals surface area contributed by atoms with Crippen LogP contribution in [0.2, 0.25) is 0 Å². The first-order valence-electron chi connectivity index (χ1n) is 7.21. The van der Waals surface area contributed by atoms with Crippen LogP contribution in [0.25, 0.3) is 16.7 Å². The minimum Gasteiger partial charge on any atom is -0.464 e. The first kappa shape index (κ1) is 15.5. The second-order valence-electron chi connectivity index (χ2n) is 5.35. The van der Waals surface area contributed by atoms with E-state index >= 15 is 0 Å². The van der Waals surface area contributed by atoms with E-state index in [2.05, 4.69) is 9.97 Å². The SMILES string of the molecule is COC(=O)c1c(N)c(C#N)cn1-c1ccc2nc(C)c(C)nc2c1. The van der Waals surface area contributed by atoms with Gasteiger partial charge in [-0.3, -0.25) is 0 Å². The number of hydrogen-bond donors (Lipinski definition) is 1. The monoisotopic (exact) mass is 321 g/mol. The summed E-state index contributed by atoms with van der Waals surface area (Å²) in [5.41, 5.74) is 10.1. The molecule has 0 bridgehead atoms. The van der Waals surface area contributed by atoms with Gasteiger partial charge < -0.3 is 15.0 Å². The van der Waals surface area contributed by atoms with Crippen LogP contribution in [0.15, 0.2) is 24.4 Å². The summed E-state index contributed by atoms with van der Waals surface area (Å²) in [4.78, 5) is 21.1. The fourth-order valence-corrected chi connectivity index (χ4v) is 2.49. The molecule has 0 aliphatic carbocycles. The number of nitrogens with zero attached hydrogens (tertiary/aromatic N) is 4. The van der Waals surface area contributed by atoms with Crippen molar-refractivity contribution < 1.29 is 9.53 Å². The molecule has 0 saturated carbocycles. The van der Waals surface area contributed by atoms with Crippen LogP contribution in [0.4, 0.5) is 5.69 Å². The van der Waals surface area contributed by atoms with E-state index in [-0.39, 0.29) is 16.9 Å². The Bertz CT molecular complexity index is 1010. The molecule has 0 aliphatic rings. The van der Waals surface area contributed by atoms with Crippen LogP contribution in [0, 0.1) is 25.2 Å². The first-order valence-corrected chi connectivity index (χ1v) is 7.21. The Balaban J connectivity index is 2.26. The number of aryl methyl sites for hydroxylation is 2. The third-order valence-corrected chi connectivity index (χ3v) is 3.88. The summed E-state index contributed by atoms with van der Waals surface area (Å²) in [6.07, 6.45) is 1.51. The molecule has 0 spiro atoms. The molecule has 1 aromatic carbocycles. The minimum atomic E-state index is -0.611. The smallest absolute Gasteiger partial charge is 0.357 e. The number of rotatable bonds is 2. The number of ether oxygens (including phenoxy) is 1. The van der Waals surface area contributed by atoms with Crippen molar-refractivity contribution in [2.45, 2.75) is 13.8 Å². The standard InChI is InChI=1S/C17H15N5O2/c1-9-10(2)21-14-6-12(4-5-13(14)20-9)22-8-11(7-18)15(19)16(22)17(23)24-3/h4-6,8H,19H2,1-3H3. The maximum atomic E-state index is 12.1. The molecule has 120 valence electrons. The zero-order chi connectivity index (χ0) is 17.4. The molecule has 0 saturated heterocycles. The highest BCUT2D eigenvalue weighted by Crippen LogP contribution is 2.26. The topological polar surface area (TPSA) is 107 Å². The highest BCUT2D eigenvalue weighted by Gasteiger charge is 2.21. The number of esters is 1. The summed E-state index contributed by atoms with van der Waals surface area (Å²) in [6.45, 7) is 3.78. The lowest BCUT2D eigenvalue weighted by Crippen LogP contribution is -2.11. The van der Waals surface area contributed by atoms with Crippen LogP contribution in [-0.4, -0.2) is 27.6 Å². The van der Waals surface area contributed by atoms with Gasteiger partial charge >= 0.3 is 5.97 Å². The summed E-state index contributed by atoms with van der Waals surface area (Å²) in [5.74, 6) is -0.611. The summed E-state index contributed by atoms with van der Waals surface area (Å²) < 4.78 is 6.32. The average molecular weight is 321 g/mol. The summed E-state index contributed by atoms with van der Waals surface area (Å²) in [6, 6.07) is 7.37. The minimum absolute atomic E-state index is 0.0932. The lowest BCUT2D eigenvalue weighted by atomic mass is 10.2. The molecule has 0 fully saturated rings. The predicted octanol–water partition coefficient (Wildman–Crippen LogP) is 2.28. The average Bonchev–Trinajstić information content (AvgIpc) is 2.91. The summed E-state index contributed by atoms with van der Waals surface area (Å²) >= 11 is 0. The quantitative estimate of drug-likeness (QED) is 0.726. The van der Waals surface area contributed by atoms with Crippen molar-refractivity contribution >= 4 is 22.7 Å². The van der Waals surface area contributed by atoms with Crippen molar-refractivity contribution in [1.82, 2.24) is 14.5 Å². The number of methoxy groups -OCH3 is 1. The molecule has 0 aliphatic heterocycles. The fourth-order valence-electron chi connectivity index (χ4n) is 2.49. The van der Waals surface area contributed by atoms with Crippen molar-refractivity contribution in [3.8, 4) is 11.8 Å². The highest BCUT2D eigenvalue weighted by molar-refractivity contribution is 5.96. The van der Waals surface area contributed by atoms with Crippen molar-refractivity contribution in [2.24, 2.45) is 0 Å². The normalized spacial score (nSPS) is 10.6. The number of aromatic nitrogens is 3. The Hall–Kier alpha value is -3.40. The molecule has 2 heterocycles.